The summed E-state index contributed by atoms with van der Waals surface area (Å²) in [5.74, 6) is 0.440. The van der Waals surface area contributed by atoms with E-state index in [0.29, 0.717) is 31.9 Å². The van der Waals surface area contributed by atoms with Crippen LogP contribution in [0.2, 0.25) is 0 Å². The van der Waals surface area contributed by atoms with E-state index in [-0.39, 0.29) is 17.3 Å². The van der Waals surface area contributed by atoms with Gasteiger partial charge in [0, 0.05) is 26.2 Å². The molecule has 0 aliphatic carbocycles. The number of halogens is 1. The Hall–Kier alpha value is -2.90. The lowest BCUT2D eigenvalue weighted by atomic mass is 10.2. The maximum Gasteiger partial charge on any atom is 0.243 e. The normalized spacial score (nSPS) is 15.2. The molecule has 0 atom stereocenters. The summed E-state index contributed by atoms with van der Waals surface area (Å²) in [6.45, 7) is 1.78. The van der Waals surface area contributed by atoms with Gasteiger partial charge in [0.25, 0.3) is 0 Å². The molecular weight excluding hydrogens is 403 g/mol. The van der Waals surface area contributed by atoms with Gasteiger partial charge in [0.15, 0.2) is 0 Å². The number of nitrogens with zero attached hydrogens (tertiary/aromatic N) is 2. The van der Waals surface area contributed by atoms with Gasteiger partial charge in [-0.15, -0.1) is 0 Å². The third kappa shape index (κ3) is 4.47. The monoisotopic (exact) mass is 426 g/mol. The lowest BCUT2D eigenvalue weighted by Crippen LogP contribution is -2.48. The molecule has 3 aromatic rings. The molecule has 3 aromatic carbocycles. The predicted molar refractivity (Wildman–Crippen MR) is 115 cm³/mol. The number of anilines is 1. The average molecular weight is 427 g/mol. The quantitative estimate of drug-likeness (QED) is 0.600. The minimum Gasteiger partial charge on any atom is -0.489 e. The van der Waals surface area contributed by atoms with Gasteiger partial charge in [0.2, 0.25) is 10.0 Å². The van der Waals surface area contributed by atoms with E-state index in [9.17, 15) is 12.8 Å². The van der Waals surface area contributed by atoms with Gasteiger partial charge in [-0.05, 0) is 42.0 Å². The lowest BCUT2D eigenvalue weighted by molar-refractivity contribution is 0.306. The Balaban J connectivity index is 1.43. The number of rotatable bonds is 6. The number of ether oxygens (including phenoxy) is 1. The van der Waals surface area contributed by atoms with Gasteiger partial charge in [0.05, 0.1) is 10.6 Å². The summed E-state index contributed by atoms with van der Waals surface area (Å²) in [4.78, 5) is 2.13. The number of benzene rings is 3. The highest BCUT2D eigenvalue weighted by molar-refractivity contribution is 7.89. The molecule has 156 valence electrons. The zero-order chi connectivity index (χ0) is 21.0. The van der Waals surface area contributed by atoms with Gasteiger partial charge in [-0.25, -0.2) is 12.8 Å². The second kappa shape index (κ2) is 8.85. The van der Waals surface area contributed by atoms with Crippen LogP contribution in [0.3, 0.4) is 0 Å². The lowest BCUT2D eigenvalue weighted by Gasteiger charge is -2.35. The van der Waals surface area contributed by atoms with Crippen molar-refractivity contribution < 1.29 is 17.5 Å². The SMILES string of the molecule is O=S(=O)(c1cccc(COc2ccccc2)c1)N1CCN(c2ccccc2F)CC1. The smallest absolute Gasteiger partial charge is 0.243 e. The summed E-state index contributed by atoms with van der Waals surface area (Å²) in [5, 5.41) is 0. The van der Waals surface area contributed by atoms with Gasteiger partial charge in [-0.1, -0.05) is 42.5 Å². The Kier molecular flexibility index (Phi) is 6.01. The molecule has 0 bridgehead atoms. The van der Waals surface area contributed by atoms with Crippen molar-refractivity contribution in [2.45, 2.75) is 11.5 Å². The van der Waals surface area contributed by atoms with E-state index in [4.69, 9.17) is 4.74 Å². The van der Waals surface area contributed by atoms with Crippen molar-refractivity contribution in [2.75, 3.05) is 31.1 Å². The van der Waals surface area contributed by atoms with Crippen molar-refractivity contribution >= 4 is 15.7 Å². The zero-order valence-electron chi connectivity index (χ0n) is 16.4. The average Bonchev–Trinajstić information content (AvgIpc) is 2.79. The zero-order valence-corrected chi connectivity index (χ0v) is 17.3. The van der Waals surface area contributed by atoms with Crippen LogP contribution in [0.15, 0.2) is 83.8 Å². The maximum atomic E-state index is 14.0. The van der Waals surface area contributed by atoms with E-state index < -0.39 is 10.0 Å². The molecule has 1 aliphatic heterocycles. The minimum absolute atomic E-state index is 0.246. The summed E-state index contributed by atoms with van der Waals surface area (Å²) in [5.41, 5.74) is 1.29. The Morgan fingerprint density at radius 1 is 0.833 bits per heavy atom. The molecule has 4 rings (SSSR count). The highest BCUT2D eigenvalue weighted by Crippen LogP contribution is 2.24. The first-order chi connectivity index (χ1) is 14.5. The number of hydrogen-bond acceptors (Lipinski definition) is 4. The standard InChI is InChI=1S/C23H23FN2O3S/c24-22-11-4-5-12-23(22)25-13-15-26(16-14-25)30(27,28)21-10-6-7-19(17-21)18-29-20-8-2-1-3-9-20/h1-12,17H,13-16,18H2. The van der Waals surface area contributed by atoms with Gasteiger partial charge in [-0.3, -0.25) is 0 Å². The number of para-hydroxylation sites is 2. The van der Waals surface area contributed by atoms with Crippen LogP contribution in [-0.4, -0.2) is 38.9 Å². The molecule has 0 spiro atoms. The second-order valence-electron chi connectivity index (χ2n) is 7.09. The molecule has 1 fully saturated rings. The van der Waals surface area contributed by atoms with Crippen LogP contribution in [0.25, 0.3) is 0 Å². The van der Waals surface area contributed by atoms with Crippen LogP contribution in [0, 0.1) is 5.82 Å². The number of piperazine rings is 1. The summed E-state index contributed by atoms with van der Waals surface area (Å²) in [7, 11) is -3.63. The highest BCUT2D eigenvalue weighted by Gasteiger charge is 2.29. The first kappa shape index (κ1) is 20.4. The van der Waals surface area contributed by atoms with E-state index in [1.165, 1.54) is 10.4 Å². The Morgan fingerprint density at radius 3 is 2.27 bits per heavy atom. The summed E-state index contributed by atoms with van der Waals surface area (Å²) in [6.07, 6.45) is 0. The van der Waals surface area contributed by atoms with Crippen LogP contribution in [-0.2, 0) is 16.6 Å². The fraction of sp³-hybridized carbons (Fsp3) is 0.217. The van der Waals surface area contributed by atoms with E-state index in [0.717, 1.165) is 11.3 Å². The third-order valence-electron chi connectivity index (χ3n) is 5.12. The van der Waals surface area contributed by atoms with Crippen molar-refractivity contribution in [1.29, 1.82) is 0 Å². The van der Waals surface area contributed by atoms with Crippen LogP contribution in [0.1, 0.15) is 5.56 Å². The fourth-order valence-electron chi connectivity index (χ4n) is 3.51. The fourth-order valence-corrected chi connectivity index (χ4v) is 5.00. The first-order valence-corrected chi connectivity index (χ1v) is 11.2. The van der Waals surface area contributed by atoms with E-state index in [1.807, 2.05) is 41.3 Å². The summed E-state index contributed by atoms with van der Waals surface area (Å²) in [6, 6.07) is 22.8. The number of hydrogen-bond donors (Lipinski definition) is 0. The van der Waals surface area contributed by atoms with Crippen LogP contribution in [0.5, 0.6) is 5.75 Å². The molecule has 0 amide bonds. The van der Waals surface area contributed by atoms with E-state index >= 15 is 0 Å². The van der Waals surface area contributed by atoms with Crippen molar-refractivity contribution in [3.63, 3.8) is 0 Å². The van der Waals surface area contributed by atoms with Crippen molar-refractivity contribution in [1.82, 2.24) is 4.31 Å². The van der Waals surface area contributed by atoms with Gasteiger partial charge in [0.1, 0.15) is 18.2 Å². The number of sulfonamides is 1. The predicted octanol–water partition coefficient (Wildman–Crippen LogP) is 3.92. The summed E-state index contributed by atoms with van der Waals surface area (Å²) < 4.78 is 47.4. The molecule has 1 heterocycles. The van der Waals surface area contributed by atoms with Gasteiger partial charge < -0.3 is 9.64 Å². The maximum absolute atomic E-state index is 14.0. The molecule has 0 unspecified atom stereocenters. The minimum atomic E-state index is -3.63. The molecule has 1 aliphatic rings. The van der Waals surface area contributed by atoms with Gasteiger partial charge >= 0.3 is 0 Å². The topological polar surface area (TPSA) is 49.9 Å². The van der Waals surface area contributed by atoms with Crippen LogP contribution >= 0.6 is 0 Å². The molecule has 30 heavy (non-hydrogen) atoms. The molecule has 1 saturated heterocycles. The van der Waals surface area contributed by atoms with Crippen molar-refractivity contribution in [3.8, 4) is 5.75 Å². The Labute approximate surface area is 176 Å². The van der Waals surface area contributed by atoms with E-state index in [1.54, 1.807) is 36.4 Å². The van der Waals surface area contributed by atoms with Crippen LogP contribution < -0.4 is 9.64 Å². The third-order valence-corrected chi connectivity index (χ3v) is 7.01. The summed E-state index contributed by atoms with van der Waals surface area (Å²) >= 11 is 0. The molecule has 0 radical (unpaired) electrons. The van der Waals surface area contributed by atoms with Crippen molar-refractivity contribution in [2.24, 2.45) is 0 Å². The molecule has 0 aromatic heterocycles. The molecular formula is C23H23FN2O3S. The molecule has 7 heteroatoms. The van der Waals surface area contributed by atoms with E-state index in [2.05, 4.69) is 0 Å². The van der Waals surface area contributed by atoms with Crippen molar-refractivity contribution in [3.05, 3.63) is 90.2 Å². The second-order valence-corrected chi connectivity index (χ2v) is 9.03. The molecule has 0 N–H and O–H groups in total. The first-order valence-electron chi connectivity index (χ1n) is 9.80. The highest BCUT2D eigenvalue weighted by atomic mass is 32.2. The molecule has 0 saturated carbocycles. The van der Waals surface area contributed by atoms with Crippen LogP contribution in [0.4, 0.5) is 10.1 Å². The van der Waals surface area contributed by atoms with Gasteiger partial charge in [-0.2, -0.15) is 4.31 Å². The molecule has 5 nitrogen and oxygen atoms in total. The largest absolute Gasteiger partial charge is 0.489 e. The Morgan fingerprint density at radius 2 is 1.53 bits per heavy atom. The Bertz CT molecular complexity index is 1100.